The predicted molar refractivity (Wildman–Crippen MR) is 77.7 cm³/mol. The molecular formula is C14H12Cl3N. The highest BCUT2D eigenvalue weighted by Gasteiger charge is 2.12. The summed E-state index contributed by atoms with van der Waals surface area (Å²) in [6.07, 6.45) is 4.00. The van der Waals surface area contributed by atoms with Crippen molar-refractivity contribution in [3.63, 3.8) is 0 Å². The van der Waals surface area contributed by atoms with Gasteiger partial charge < -0.3 is 0 Å². The molecule has 1 heterocycles. The fourth-order valence-electron chi connectivity index (χ4n) is 1.83. The van der Waals surface area contributed by atoms with Gasteiger partial charge in [0.1, 0.15) is 0 Å². The van der Waals surface area contributed by atoms with Crippen molar-refractivity contribution in [1.29, 1.82) is 0 Å². The molecule has 1 aromatic heterocycles. The van der Waals surface area contributed by atoms with Crippen LogP contribution in [-0.2, 0) is 6.42 Å². The lowest BCUT2D eigenvalue weighted by molar-refractivity contribution is 0.915. The first-order chi connectivity index (χ1) is 8.56. The molecule has 0 fully saturated rings. The fourth-order valence-corrected chi connectivity index (χ4v) is 2.61. The third-order valence-electron chi connectivity index (χ3n) is 2.68. The number of benzene rings is 1. The zero-order chi connectivity index (χ0) is 13.1. The SMILES string of the molecule is Cc1cc(Cl)cc(C(Cl)Cc2ccncc2Cl)c1. The van der Waals surface area contributed by atoms with E-state index in [-0.39, 0.29) is 5.38 Å². The van der Waals surface area contributed by atoms with Crippen LogP contribution in [0.2, 0.25) is 10.0 Å². The van der Waals surface area contributed by atoms with E-state index in [9.17, 15) is 0 Å². The van der Waals surface area contributed by atoms with E-state index in [2.05, 4.69) is 4.98 Å². The van der Waals surface area contributed by atoms with Gasteiger partial charge in [0, 0.05) is 17.4 Å². The van der Waals surface area contributed by atoms with Gasteiger partial charge in [-0.15, -0.1) is 11.6 Å². The van der Waals surface area contributed by atoms with Crippen LogP contribution in [0.5, 0.6) is 0 Å². The van der Waals surface area contributed by atoms with E-state index in [1.165, 1.54) is 0 Å². The summed E-state index contributed by atoms with van der Waals surface area (Å²) in [6.45, 7) is 2.00. The third kappa shape index (κ3) is 3.38. The molecule has 2 rings (SSSR count). The van der Waals surface area contributed by atoms with E-state index in [1.54, 1.807) is 12.4 Å². The summed E-state index contributed by atoms with van der Waals surface area (Å²) in [7, 11) is 0. The summed E-state index contributed by atoms with van der Waals surface area (Å²) < 4.78 is 0. The van der Waals surface area contributed by atoms with E-state index in [0.717, 1.165) is 16.7 Å². The number of alkyl halides is 1. The maximum atomic E-state index is 6.42. The number of pyridine rings is 1. The maximum Gasteiger partial charge on any atom is 0.0626 e. The van der Waals surface area contributed by atoms with Crippen molar-refractivity contribution in [1.82, 2.24) is 4.98 Å². The zero-order valence-corrected chi connectivity index (χ0v) is 12.1. The average Bonchev–Trinajstić information content (AvgIpc) is 2.31. The molecule has 1 aromatic carbocycles. The first-order valence-corrected chi connectivity index (χ1v) is 6.75. The van der Waals surface area contributed by atoms with Gasteiger partial charge in [-0.1, -0.05) is 29.3 Å². The minimum Gasteiger partial charge on any atom is -0.263 e. The second-order valence-corrected chi connectivity index (χ2v) is 5.57. The van der Waals surface area contributed by atoms with Gasteiger partial charge in [0.05, 0.1) is 10.4 Å². The predicted octanol–water partition coefficient (Wildman–Crippen LogP) is 5.22. The normalized spacial score (nSPS) is 12.4. The number of halogens is 3. The monoisotopic (exact) mass is 299 g/mol. The largest absolute Gasteiger partial charge is 0.263 e. The maximum absolute atomic E-state index is 6.42. The summed E-state index contributed by atoms with van der Waals surface area (Å²) in [5.74, 6) is 0. The molecule has 0 saturated heterocycles. The lowest BCUT2D eigenvalue weighted by Gasteiger charge is -2.12. The van der Waals surface area contributed by atoms with Gasteiger partial charge in [-0.3, -0.25) is 4.98 Å². The molecular weight excluding hydrogens is 289 g/mol. The molecule has 0 amide bonds. The van der Waals surface area contributed by atoms with Gasteiger partial charge in [-0.2, -0.15) is 0 Å². The molecule has 0 saturated carbocycles. The number of aromatic nitrogens is 1. The smallest absolute Gasteiger partial charge is 0.0626 e. The van der Waals surface area contributed by atoms with Gasteiger partial charge in [0.15, 0.2) is 0 Å². The molecule has 4 heteroatoms. The van der Waals surface area contributed by atoms with Crippen molar-refractivity contribution in [2.45, 2.75) is 18.7 Å². The molecule has 2 aromatic rings. The minimum absolute atomic E-state index is 0.151. The lowest BCUT2D eigenvalue weighted by Crippen LogP contribution is -1.97. The zero-order valence-electron chi connectivity index (χ0n) is 9.83. The molecule has 0 N–H and O–H groups in total. The molecule has 0 radical (unpaired) electrons. The van der Waals surface area contributed by atoms with E-state index in [0.29, 0.717) is 16.5 Å². The summed E-state index contributed by atoms with van der Waals surface area (Å²) >= 11 is 18.5. The Hall–Kier alpha value is -0.760. The van der Waals surface area contributed by atoms with E-state index < -0.39 is 0 Å². The molecule has 0 aliphatic heterocycles. The minimum atomic E-state index is -0.151. The topological polar surface area (TPSA) is 12.9 Å². The van der Waals surface area contributed by atoms with Crippen LogP contribution in [0.15, 0.2) is 36.7 Å². The van der Waals surface area contributed by atoms with Crippen molar-refractivity contribution < 1.29 is 0 Å². The van der Waals surface area contributed by atoms with Crippen LogP contribution in [0.4, 0.5) is 0 Å². The Morgan fingerprint density at radius 1 is 1.22 bits per heavy atom. The quantitative estimate of drug-likeness (QED) is 0.708. The van der Waals surface area contributed by atoms with Crippen LogP contribution >= 0.6 is 34.8 Å². The van der Waals surface area contributed by atoms with Gasteiger partial charge >= 0.3 is 0 Å². The third-order valence-corrected chi connectivity index (χ3v) is 3.65. The molecule has 0 spiro atoms. The number of nitrogens with zero attached hydrogens (tertiary/aromatic N) is 1. The number of hydrogen-bond donors (Lipinski definition) is 0. The second-order valence-electron chi connectivity index (χ2n) is 4.20. The second kappa shape index (κ2) is 5.92. The van der Waals surface area contributed by atoms with Gasteiger partial charge in [0.25, 0.3) is 0 Å². The Balaban J connectivity index is 2.22. The standard InChI is InChI=1S/C14H12Cl3N/c1-9-4-11(6-12(15)5-9)13(16)7-10-2-3-18-8-14(10)17/h2-6,8,13H,7H2,1H3. The number of hydrogen-bond acceptors (Lipinski definition) is 1. The van der Waals surface area contributed by atoms with Gasteiger partial charge in [0.2, 0.25) is 0 Å². The molecule has 0 aliphatic carbocycles. The molecule has 94 valence electrons. The number of aryl methyl sites for hydroxylation is 1. The summed E-state index contributed by atoms with van der Waals surface area (Å²) in [4.78, 5) is 3.96. The lowest BCUT2D eigenvalue weighted by atomic mass is 10.0. The molecule has 0 bridgehead atoms. The summed E-state index contributed by atoms with van der Waals surface area (Å²) in [6, 6.07) is 7.73. The van der Waals surface area contributed by atoms with Crippen molar-refractivity contribution in [3.05, 3.63) is 63.4 Å². The van der Waals surface area contributed by atoms with Crippen molar-refractivity contribution in [3.8, 4) is 0 Å². The highest BCUT2D eigenvalue weighted by molar-refractivity contribution is 6.31. The van der Waals surface area contributed by atoms with E-state index >= 15 is 0 Å². The van der Waals surface area contributed by atoms with Crippen LogP contribution in [0.25, 0.3) is 0 Å². The Labute approximate surface area is 122 Å². The summed E-state index contributed by atoms with van der Waals surface area (Å²) in [5.41, 5.74) is 3.10. The Morgan fingerprint density at radius 3 is 2.67 bits per heavy atom. The Morgan fingerprint density at radius 2 is 2.00 bits per heavy atom. The Bertz CT molecular complexity index is 534. The summed E-state index contributed by atoms with van der Waals surface area (Å²) in [5, 5.41) is 1.20. The first-order valence-electron chi connectivity index (χ1n) is 5.56. The highest BCUT2D eigenvalue weighted by Crippen LogP contribution is 2.30. The van der Waals surface area contributed by atoms with Crippen molar-refractivity contribution in [2.75, 3.05) is 0 Å². The average molecular weight is 301 g/mol. The number of rotatable bonds is 3. The van der Waals surface area contributed by atoms with Gasteiger partial charge in [-0.25, -0.2) is 0 Å². The molecule has 1 nitrogen and oxygen atoms in total. The fraction of sp³-hybridized carbons (Fsp3) is 0.214. The van der Waals surface area contributed by atoms with Crippen LogP contribution in [0.3, 0.4) is 0 Å². The van der Waals surface area contributed by atoms with E-state index in [1.807, 2.05) is 31.2 Å². The molecule has 1 atom stereocenters. The van der Waals surface area contributed by atoms with Crippen molar-refractivity contribution in [2.24, 2.45) is 0 Å². The van der Waals surface area contributed by atoms with Crippen LogP contribution < -0.4 is 0 Å². The highest BCUT2D eigenvalue weighted by atomic mass is 35.5. The van der Waals surface area contributed by atoms with Gasteiger partial charge in [-0.05, 0) is 48.2 Å². The Kier molecular flexibility index (Phi) is 4.50. The van der Waals surface area contributed by atoms with E-state index in [4.69, 9.17) is 34.8 Å². The molecule has 1 unspecified atom stereocenters. The molecule has 18 heavy (non-hydrogen) atoms. The first kappa shape index (κ1) is 13.7. The van der Waals surface area contributed by atoms with Crippen LogP contribution in [0.1, 0.15) is 22.1 Å². The van der Waals surface area contributed by atoms with Crippen molar-refractivity contribution >= 4 is 34.8 Å². The van der Waals surface area contributed by atoms with Crippen LogP contribution in [0, 0.1) is 6.92 Å². The van der Waals surface area contributed by atoms with Crippen LogP contribution in [-0.4, -0.2) is 4.98 Å². The molecule has 0 aliphatic rings.